The van der Waals surface area contributed by atoms with Crippen LogP contribution in [0.15, 0.2) is 48.5 Å². The number of piperazine rings is 1. The predicted molar refractivity (Wildman–Crippen MR) is 88.0 cm³/mol. The molecular weight excluding hydrogens is 288 g/mol. The van der Waals surface area contributed by atoms with Gasteiger partial charge in [0.1, 0.15) is 11.5 Å². The van der Waals surface area contributed by atoms with Crippen LogP contribution in [0.4, 0.5) is 0 Å². The fourth-order valence-corrected chi connectivity index (χ4v) is 3.47. The summed E-state index contributed by atoms with van der Waals surface area (Å²) in [5.41, 5.74) is 1.95. The maximum Gasteiger partial charge on any atom is 0.235 e. The van der Waals surface area contributed by atoms with Crippen LogP contribution in [0.2, 0.25) is 0 Å². The molecule has 0 atom stereocenters. The second-order valence-corrected chi connectivity index (χ2v) is 6.39. The Morgan fingerprint density at radius 2 is 1.52 bits per heavy atom. The lowest BCUT2D eigenvalue weighted by Gasteiger charge is -2.35. The van der Waals surface area contributed by atoms with E-state index in [0.717, 1.165) is 48.8 Å². The van der Waals surface area contributed by atoms with Gasteiger partial charge in [-0.05, 0) is 12.1 Å². The van der Waals surface area contributed by atoms with E-state index < -0.39 is 0 Å². The summed E-state index contributed by atoms with van der Waals surface area (Å²) >= 11 is 0. The van der Waals surface area contributed by atoms with Crippen LogP contribution in [0.3, 0.4) is 0 Å². The molecule has 4 nitrogen and oxygen atoms in total. The van der Waals surface area contributed by atoms with Crippen molar-refractivity contribution in [3.05, 3.63) is 59.7 Å². The molecule has 0 spiro atoms. The first-order valence-corrected chi connectivity index (χ1v) is 8.20. The molecule has 4 rings (SSSR count). The molecule has 2 aliphatic heterocycles. The Labute approximate surface area is 136 Å². The first kappa shape index (κ1) is 14.3. The van der Waals surface area contributed by atoms with Gasteiger partial charge in [0.05, 0.1) is 39.1 Å². The first-order chi connectivity index (χ1) is 11.2. The molecule has 1 N–H and O–H groups in total. The molecule has 118 valence electrons. The molecule has 2 heterocycles. The zero-order valence-corrected chi connectivity index (χ0v) is 13.3. The Hall–Kier alpha value is -2.33. The maximum absolute atomic E-state index is 13.2. The molecule has 0 aliphatic carbocycles. The normalized spacial score (nSPS) is 18.0. The highest BCUT2D eigenvalue weighted by Gasteiger charge is 2.36. The lowest BCUT2D eigenvalue weighted by molar-refractivity contribution is -0.883. The summed E-state index contributed by atoms with van der Waals surface area (Å²) < 4.78 is 5.99. The number of rotatable bonds is 1. The molecule has 2 aromatic rings. The van der Waals surface area contributed by atoms with E-state index in [0.29, 0.717) is 0 Å². The molecule has 0 unspecified atom stereocenters. The summed E-state index contributed by atoms with van der Waals surface area (Å²) in [6, 6.07) is 15.8. The van der Waals surface area contributed by atoms with E-state index in [-0.39, 0.29) is 11.8 Å². The van der Waals surface area contributed by atoms with Gasteiger partial charge in [-0.2, -0.15) is 0 Å². The summed E-state index contributed by atoms with van der Waals surface area (Å²) in [5, 5.41) is 0. The number of carbonyl (C=O) groups is 1. The van der Waals surface area contributed by atoms with E-state index in [2.05, 4.69) is 7.05 Å². The minimum atomic E-state index is -0.255. The van der Waals surface area contributed by atoms with Crippen LogP contribution in [-0.2, 0) is 4.79 Å². The molecule has 1 amide bonds. The third kappa shape index (κ3) is 2.49. The van der Waals surface area contributed by atoms with Crippen molar-refractivity contribution >= 4 is 5.91 Å². The number of nitrogens with zero attached hydrogens (tertiary/aromatic N) is 1. The lowest BCUT2D eigenvalue weighted by Crippen LogP contribution is -3.12. The van der Waals surface area contributed by atoms with Gasteiger partial charge in [0, 0.05) is 11.1 Å². The molecule has 0 radical (unpaired) electrons. The molecule has 1 saturated heterocycles. The number of likely N-dealkylation sites (N-methyl/N-ethyl adjacent to an activating group) is 1. The quantitative estimate of drug-likeness (QED) is 0.861. The van der Waals surface area contributed by atoms with Gasteiger partial charge in [-0.15, -0.1) is 0 Å². The average Bonchev–Trinajstić information content (AvgIpc) is 2.59. The Kier molecular flexibility index (Phi) is 3.54. The molecule has 2 aliphatic rings. The van der Waals surface area contributed by atoms with Crippen LogP contribution >= 0.6 is 0 Å². The zero-order chi connectivity index (χ0) is 15.8. The van der Waals surface area contributed by atoms with Crippen LogP contribution in [0.5, 0.6) is 11.5 Å². The number of benzene rings is 2. The van der Waals surface area contributed by atoms with E-state index in [4.69, 9.17) is 4.74 Å². The topological polar surface area (TPSA) is 34.0 Å². The highest BCUT2D eigenvalue weighted by atomic mass is 16.5. The lowest BCUT2D eigenvalue weighted by atomic mass is 9.86. The second-order valence-electron chi connectivity index (χ2n) is 6.39. The third-order valence-corrected chi connectivity index (χ3v) is 4.86. The summed E-state index contributed by atoms with van der Waals surface area (Å²) in [6.45, 7) is 3.68. The molecule has 0 saturated carbocycles. The van der Waals surface area contributed by atoms with E-state index in [1.54, 1.807) is 0 Å². The number of amides is 1. The van der Waals surface area contributed by atoms with Crippen molar-refractivity contribution in [2.75, 3.05) is 33.2 Å². The van der Waals surface area contributed by atoms with Crippen molar-refractivity contribution < 1.29 is 14.4 Å². The fourth-order valence-electron chi connectivity index (χ4n) is 3.47. The van der Waals surface area contributed by atoms with Gasteiger partial charge in [-0.25, -0.2) is 0 Å². The van der Waals surface area contributed by atoms with Crippen molar-refractivity contribution in [1.29, 1.82) is 0 Å². The summed E-state index contributed by atoms with van der Waals surface area (Å²) in [6.07, 6.45) is 0. The minimum absolute atomic E-state index is 0.195. The number of nitrogens with one attached hydrogen (secondary N) is 1. The smallest absolute Gasteiger partial charge is 0.235 e. The molecular formula is C19H21N2O2+. The Morgan fingerprint density at radius 3 is 2.09 bits per heavy atom. The number of para-hydroxylation sites is 2. The van der Waals surface area contributed by atoms with Crippen LogP contribution < -0.4 is 9.64 Å². The summed E-state index contributed by atoms with van der Waals surface area (Å²) in [7, 11) is 2.18. The SMILES string of the molecule is C[NH+]1CCN(C(=O)C2c3ccccc3Oc3ccccc32)CC1. The van der Waals surface area contributed by atoms with Crippen molar-refractivity contribution in [2.45, 2.75) is 5.92 Å². The number of ether oxygens (including phenoxy) is 1. The third-order valence-electron chi connectivity index (χ3n) is 4.86. The maximum atomic E-state index is 13.2. The average molecular weight is 309 g/mol. The van der Waals surface area contributed by atoms with E-state index in [1.807, 2.05) is 53.4 Å². The van der Waals surface area contributed by atoms with Gasteiger partial charge in [-0.1, -0.05) is 36.4 Å². The monoisotopic (exact) mass is 309 g/mol. The number of hydrogen-bond acceptors (Lipinski definition) is 2. The number of quaternary nitrogens is 1. The van der Waals surface area contributed by atoms with Crippen LogP contribution in [0.1, 0.15) is 17.0 Å². The van der Waals surface area contributed by atoms with Gasteiger partial charge in [0.15, 0.2) is 0 Å². The van der Waals surface area contributed by atoms with E-state index >= 15 is 0 Å². The predicted octanol–water partition coefficient (Wildman–Crippen LogP) is 1.28. The molecule has 0 aromatic heterocycles. The Balaban J connectivity index is 1.74. The minimum Gasteiger partial charge on any atom is -0.457 e. The van der Waals surface area contributed by atoms with Crippen molar-refractivity contribution in [3.63, 3.8) is 0 Å². The van der Waals surface area contributed by atoms with Crippen LogP contribution in [-0.4, -0.2) is 44.0 Å². The van der Waals surface area contributed by atoms with Gasteiger partial charge in [-0.3, -0.25) is 4.79 Å². The number of carbonyl (C=O) groups excluding carboxylic acids is 1. The highest BCUT2D eigenvalue weighted by molar-refractivity contribution is 5.89. The largest absolute Gasteiger partial charge is 0.457 e. The van der Waals surface area contributed by atoms with Gasteiger partial charge < -0.3 is 14.5 Å². The zero-order valence-electron chi connectivity index (χ0n) is 13.3. The fraction of sp³-hybridized carbons (Fsp3) is 0.316. The molecule has 4 heteroatoms. The molecule has 23 heavy (non-hydrogen) atoms. The second kappa shape index (κ2) is 5.70. The molecule has 2 aromatic carbocycles. The van der Waals surface area contributed by atoms with Gasteiger partial charge in [0.2, 0.25) is 5.91 Å². The van der Waals surface area contributed by atoms with Gasteiger partial charge in [0.25, 0.3) is 0 Å². The van der Waals surface area contributed by atoms with Crippen molar-refractivity contribution in [1.82, 2.24) is 4.90 Å². The summed E-state index contributed by atoms with van der Waals surface area (Å²) in [4.78, 5) is 16.7. The first-order valence-electron chi connectivity index (χ1n) is 8.20. The van der Waals surface area contributed by atoms with Gasteiger partial charge >= 0.3 is 0 Å². The van der Waals surface area contributed by atoms with E-state index in [1.165, 1.54) is 4.90 Å². The standard InChI is InChI=1S/C19H20N2O2/c1-20-10-12-21(13-11-20)19(22)18-14-6-2-4-8-16(14)23-17-9-5-3-7-15(17)18/h2-9,18H,10-13H2,1H3/p+1. The number of fused-ring (bicyclic) bond motifs is 2. The Bertz CT molecular complexity index is 690. The Morgan fingerprint density at radius 1 is 1.00 bits per heavy atom. The summed E-state index contributed by atoms with van der Waals surface area (Å²) in [5.74, 6) is 1.53. The van der Waals surface area contributed by atoms with Crippen molar-refractivity contribution in [3.8, 4) is 11.5 Å². The van der Waals surface area contributed by atoms with Crippen LogP contribution in [0.25, 0.3) is 0 Å². The van der Waals surface area contributed by atoms with Crippen molar-refractivity contribution in [2.24, 2.45) is 0 Å². The molecule has 0 bridgehead atoms. The van der Waals surface area contributed by atoms with E-state index in [9.17, 15) is 4.79 Å². The van der Waals surface area contributed by atoms with Crippen LogP contribution in [0, 0.1) is 0 Å². The molecule has 1 fully saturated rings. The highest BCUT2D eigenvalue weighted by Crippen LogP contribution is 2.44. The number of hydrogen-bond donors (Lipinski definition) is 1.